The molecule has 161 valence electrons. The molecule has 3 aromatic rings. The number of aromatic amines is 1. The Bertz CT molecular complexity index is 1040. The highest BCUT2D eigenvalue weighted by Crippen LogP contribution is 2.37. The molecule has 3 N–H and O–H groups in total. The number of hydrogen-bond acceptors (Lipinski definition) is 4. The third-order valence-corrected chi connectivity index (χ3v) is 6.73. The maximum absolute atomic E-state index is 5.99. The number of nitrogens with one attached hydrogen (secondary N) is 1. The molecule has 0 amide bonds. The Hall–Kier alpha value is -2.70. The van der Waals surface area contributed by atoms with Crippen molar-refractivity contribution in [1.29, 1.82) is 0 Å². The lowest BCUT2D eigenvalue weighted by atomic mass is 9.93. The molecule has 1 aromatic carbocycles. The van der Waals surface area contributed by atoms with Crippen LogP contribution in [0.3, 0.4) is 0 Å². The number of nitrogen functional groups attached to an aromatic ring is 1. The number of piperidine rings is 2. The maximum atomic E-state index is 5.99. The van der Waals surface area contributed by atoms with E-state index in [1.807, 2.05) is 6.20 Å². The minimum absolute atomic E-state index is 0.305. The van der Waals surface area contributed by atoms with Crippen LogP contribution in [0.25, 0.3) is 22.4 Å². The van der Waals surface area contributed by atoms with Crippen LogP contribution in [0.1, 0.15) is 49.4 Å². The SMILES string of the molecule is Cc1cccc(-c2cnc(N)nc2-c2c[nH]c(C3CCCCN3C3CC[N]CC3)c2)c1. The number of nitrogens with zero attached hydrogens (tertiary/aromatic N) is 4. The van der Waals surface area contributed by atoms with Gasteiger partial charge in [-0.3, -0.25) is 4.90 Å². The number of benzene rings is 1. The summed E-state index contributed by atoms with van der Waals surface area (Å²) < 4.78 is 0. The van der Waals surface area contributed by atoms with Gasteiger partial charge < -0.3 is 10.7 Å². The van der Waals surface area contributed by atoms with E-state index in [0.717, 1.165) is 35.5 Å². The summed E-state index contributed by atoms with van der Waals surface area (Å²) in [5.74, 6) is 0.305. The van der Waals surface area contributed by atoms with Gasteiger partial charge in [-0.05, 0) is 50.8 Å². The summed E-state index contributed by atoms with van der Waals surface area (Å²) in [6.45, 7) is 5.29. The van der Waals surface area contributed by atoms with Gasteiger partial charge in [0.15, 0.2) is 0 Å². The molecule has 31 heavy (non-hydrogen) atoms. The van der Waals surface area contributed by atoms with E-state index >= 15 is 0 Å². The fourth-order valence-corrected chi connectivity index (χ4v) is 5.17. The van der Waals surface area contributed by atoms with Gasteiger partial charge in [0.05, 0.1) is 11.7 Å². The lowest BCUT2D eigenvalue weighted by Gasteiger charge is -2.42. The number of H-pyrrole nitrogens is 1. The molecular formula is C25H31N6. The Morgan fingerprint density at radius 2 is 1.94 bits per heavy atom. The van der Waals surface area contributed by atoms with Gasteiger partial charge in [0.2, 0.25) is 5.95 Å². The minimum Gasteiger partial charge on any atom is -0.368 e. The third kappa shape index (κ3) is 4.23. The summed E-state index contributed by atoms with van der Waals surface area (Å²) in [5.41, 5.74) is 12.6. The highest BCUT2D eigenvalue weighted by atomic mass is 15.2. The normalized spacial score (nSPS) is 20.7. The van der Waals surface area contributed by atoms with Gasteiger partial charge in [-0.25, -0.2) is 15.3 Å². The lowest BCUT2D eigenvalue weighted by Crippen LogP contribution is -2.45. The zero-order chi connectivity index (χ0) is 21.2. The zero-order valence-electron chi connectivity index (χ0n) is 18.2. The van der Waals surface area contributed by atoms with E-state index in [0.29, 0.717) is 18.0 Å². The summed E-state index contributed by atoms with van der Waals surface area (Å²) in [4.78, 5) is 15.2. The van der Waals surface area contributed by atoms with Crippen LogP contribution in [0.5, 0.6) is 0 Å². The Kier molecular flexibility index (Phi) is 5.74. The van der Waals surface area contributed by atoms with Gasteiger partial charge in [0.1, 0.15) is 0 Å². The van der Waals surface area contributed by atoms with Gasteiger partial charge in [-0.15, -0.1) is 0 Å². The van der Waals surface area contributed by atoms with Gasteiger partial charge in [0, 0.05) is 48.3 Å². The molecule has 0 saturated carbocycles. The first-order valence-corrected chi connectivity index (χ1v) is 11.5. The minimum atomic E-state index is 0.305. The van der Waals surface area contributed by atoms with E-state index in [1.54, 1.807) is 0 Å². The van der Waals surface area contributed by atoms with Gasteiger partial charge in [-0.1, -0.05) is 36.2 Å². The molecule has 6 nitrogen and oxygen atoms in total. The second-order valence-electron chi connectivity index (χ2n) is 8.86. The summed E-state index contributed by atoms with van der Waals surface area (Å²) >= 11 is 0. The molecular weight excluding hydrogens is 384 g/mol. The van der Waals surface area contributed by atoms with Crippen molar-refractivity contribution in [3.05, 3.63) is 54.0 Å². The monoisotopic (exact) mass is 415 g/mol. The summed E-state index contributed by atoms with van der Waals surface area (Å²) in [6.07, 6.45) is 10.1. The van der Waals surface area contributed by atoms with Crippen molar-refractivity contribution in [2.75, 3.05) is 25.4 Å². The molecule has 0 aliphatic carbocycles. The number of aromatic nitrogens is 3. The first kappa shape index (κ1) is 20.2. The molecule has 4 heterocycles. The molecule has 2 saturated heterocycles. The molecule has 2 fully saturated rings. The molecule has 5 rings (SSSR count). The van der Waals surface area contributed by atoms with E-state index in [9.17, 15) is 0 Å². The molecule has 1 unspecified atom stereocenters. The van der Waals surface area contributed by atoms with Crippen molar-refractivity contribution in [2.45, 2.75) is 51.1 Å². The number of rotatable bonds is 4. The number of likely N-dealkylation sites (tertiary alicyclic amines) is 1. The largest absolute Gasteiger partial charge is 0.368 e. The molecule has 2 aliphatic rings. The number of anilines is 1. The Morgan fingerprint density at radius 3 is 2.77 bits per heavy atom. The van der Waals surface area contributed by atoms with Gasteiger partial charge in [-0.2, -0.15) is 0 Å². The maximum Gasteiger partial charge on any atom is 0.220 e. The van der Waals surface area contributed by atoms with E-state index < -0.39 is 0 Å². The standard InChI is InChI=1S/C25H31N6/c1-17-5-4-6-18(13-17)21-16-29-25(26)30-24(21)19-14-22(28-15-19)23-7-2-3-12-31(23)20-8-10-27-11-9-20/h4-6,13-16,20,23,28H,2-3,7-12H2,1H3,(H2,26,29,30). The van der Waals surface area contributed by atoms with E-state index in [-0.39, 0.29) is 0 Å². The quantitative estimate of drug-likeness (QED) is 0.664. The molecule has 6 heteroatoms. The second kappa shape index (κ2) is 8.81. The molecule has 0 bridgehead atoms. The van der Waals surface area contributed by atoms with Crippen LogP contribution in [0.4, 0.5) is 5.95 Å². The van der Waals surface area contributed by atoms with Crippen LogP contribution in [0.2, 0.25) is 0 Å². The Balaban J connectivity index is 1.48. The fourth-order valence-electron chi connectivity index (χ4n) is 5.17. The highest BCUT2D eigenvalue weighted by molar-refractivity contribution is 5.81. The molecule has 2 aromatic heterocycles. The van der Waals surface area contributed by atoms with Crippen LogP contribution in [0.15, 0.2) is 42.7 Å². The van der Waals surface area contributed by atoms with E-state index in [2.05, 4.69) is 68.6 Å². The van der Waals surface area contributed by atoms with Crippen LogP contribution in [-0.4, -0.2) is 45.5 Å². The van der Waals surface area contributed by atoms with Gasteiger partial charge in [0.25, 0.3) is 0 Å². The topological polar surface area (TPSA) is 84.9 Å². The summed E-state index contributed by atoms with van der Waals surface area (Å²) in [6, 6.07) is 11.8. The average molecular weight is 416 g/mol. The predicted molar refractivity (Wildman–Crippen MR) is 125 cm³/mol. The van der Waals surface area contributed by atoms with Crippen LogP contribution in [0, 0.1) is 6.92 Å². The lowest BCUT2D eigenvalue weighted by molar-refractivity contribution is 0.0735. The third-order valence-electron chi connectivity index (χ3n) is 6.73. The molecule has 1 radical (unpaired) electrons. The summed E-state index contributed by atoms with van der Waals surface area (Å²) in [7, 11) is 0. The van der Waals surface area contributed by atoms with E-state index in [1.165, 1.54) is 49.9 Å². The van der Waals surface area contributed by atoms with Crippen molar-refractivity contribution >= 4 is 5.95 Å². The predicted octanol–water partition coefficient (Wildman–Crippen LogP) is 4.32. The number of hydrogen-bond donors (Lipinski definition) is 2. The average Bonchev–Trinajstić information content (AvgIpc) is 3.30. The van der Waals surface area contributed by atoms with Crippen molar-refractivity contribution in [3.8, 4) is 22.4 Å². The van der Waals surface area contributed by atoms with Crippen molar-refractivity contribution in [3.63, 3.8) is 0 Å². The smallest absolute Gasteiger partial charge is 0.220 e. The van der Waals surface area contributed by atoms with Crippen LogP contribution in [-0.2, 0) is 0 Å². The van der Waals surface area contributed by atoms with Crippen molar-refractivity contribution in [2.24, 2.45) is 0 Å². The summed E-state index contributed by atoms with van der Waals surface area (Å²) in [5, 5.41) is 4.56. The van der Waals surface area contributed by atoms with Crippen LogP contribution >= 0.6 is 0 Å². The number of nitrogens with two attached hydrogens (primary N) is 1. The van der Waals surface area contributed by atoms with Crippen LogP contribution < -0.4 is 11.1 Å². The second-order valence-corrected chi connectivity index (χ2v) is 8.86. The van der Waals surface area contributed by atoms with Crippen molar-refractivity contribution < 1.29 is 0 Å². The first-order valence-electron chi connectivity index (χ1n) is 11.5. The fraction of sp³-hybridized carbons (Fsp3) is 0.440. The van der Waals surface area contributed by atoms with Gasteiger partial charge >= 0.3 is 0 Å². The Morgan fingerprint density at radius 1 is 1.06 bits per heavy atom. The Labute approximate surface area is 184 Å². The molecule has 1 atom stereocenters. The molecule has 2 aliphatic heterocycles. The van der Waals surface area contributed by atoms with E-state index in [4.69, 9.17) is 5.73 Å². The zero-order valence-corrected chi connectivity index (χ0v) is 18.2. The first-order chi connectivity index (χ1) is 15.2. The van der Waals surface area contributed by atoms with Crippen molar-refractivity contribution in [1.82, 2.24) is 25.2 Å². The molecule has 0 spiro atoms. The highest BCUT2D eigenvalue weighted by Gasteiger charge is 2.31. The number of aryl methyl sites for hydroxylation is 1.